The molecule has 0 saturated heterocycles. The van der Waals surface area contributed by atoms with Crippen molar-refractivity contribution in [1.82, 2.24) is 9.80 Å². The van der Waals surface area contributed by atoms with Gasteiger partial charge in [0, 0.05) is 70.1 Å². The Morgan fingerprint density at radius 1 is 0.426 bits per heavy atom. The van der Waals surface area contributed by atoms with Gasteiger partial charge in [0.05, 0.1) is 41.3 Å². The van der Waals surface area contributed by atoms with Gasteiger partial charge in [-0.05, 0) is 57.9 Å². The summed E-state index contributed by atoms with van der Waals surface area (Å²) >= 11 is 0. The average molecular weight is 719 g/mol. The Kier molecular flexibility index (Phi) is 8.91. The van der Waals surface area contributed by atoms with E-state index in [9.17, 15) is 19.2 Å². The molecule has 0 atom stereocenters. The molecular formula is C46H46N4O4+2. The van der Waals surface area contributed by atoms with Crippen LogP contribution in [-0.2, 0) is 13.1 Å². The molecule has 0 spiro atoms. The number of hydrogen-bond donors (Lipinski definition) is 0. The quantitative estimate of drug-likeness (QED) is 0.0962. The maximum absolute atomic E-state index is 13.9. The van der Waals surface area contributed by atoms with Crippen LogP contribution < -0.4 is 0 Å². The van der Waals surface area contributed by atoms with Crippen molar-refractivity contribution in [3.8, 4) is 0 Å². The van der Waals surface area contributed by atoms with Crippen molar-refractivity contribution >= 4 is 55.9 Å². The molecule has 8 nitrogen and oxygen atoms in total. The summed E-state index contributed by atoms with van der Waals surface area (Å²) in [6.07, 6.45) is 1.27. The number of fused-ring (bicyclic) bond motifs is 2. The lowest BCUT2D eigenvalue weighted by atomic mass is 9.86. The molecule has 2 aliphatic rings. The Hall–Kier alpha value is -5.70. The van der Waals surface area contributed by atoms with Crippen molar-refractivity contribution in [2.45, 2.75) is 25.9 Å². The highest BCUT2D eigenvalue weighted by Crippen LogP contribution is 2.38. The fourth-order valence-corrected chi connectivity index (χ4v) is 8.52. The van der Waals surface area contributed by atoms with E-state index in [2.05, 4.69) is 88.9 Å². The maximum Gasteiger partial charge on any atom is 0.261 e. The summed E-state index contributed by atoms with van der Waals surface area (Å²) < 4.78 is 1.41. The summed E-state index contributed by atoms with van der Waals surface area (Å²) in [6.45, 7) is 3.74. The van der Waals surface area contributed by atoms with Gasteiger partial charge in [-0.25, -0.2) is 0 Å². The van der Waals surface area contributed by atoms with Crippen molar-refractivity contribution in [1.29, 1.82) is 0 Å². The molecule has 8 rings (SSSR count). The van der Waals surface area contributed by atoms with Gasteiger partial charge >= 0.3 is 0 Å². The molecule has 0 aliphatic carbocycles. The van der Waals surface area contributed by atoms with E-state index in [1.807, 2.05) is 24.3 Å². The van der Waals surface area contributed by atoms with E-state index in [1.54, 1.807) is 24.3 Å². The highest BCUT2D eigenvalue weighted by Gasteiger charge is 2.39. The minimum atomic E-state index is -0.384. The smallest absolute Gasteiger partial charge is 0.261 e. The van der Waals surface area contributed by atoms with Crippen LogP contribution in [-0.4, -0.2) is 96.8 Å². The Bertz CT molecular complexity index is 2270. The van der Waals surface area contributed by atoms with E-state index in [0.717, 1.165) is 26.2 Å². The van der Waals surface area contributed by atoms with E-state index in [4.69, 9.17) is 0 Å². The Morgan fingerprint density at radius 2 is 0.759 bits per heavy atom. The lowest BCUT2D eigenvalue weighted by molar-refractivity contribution is -0.903. The van der Waals surface area contributed by atoms with Gasteiger partial charge in [0.25, 0.3) is 23.6 Å². The summed E-state index contributed by atoms with van der Waals surface area (Å²) in [4.78, 5) is 58.2. The fourth-order valence-electron chi connectivity index (χ4n) is 8.52. The predicted octanol–water partition coefficient (Wildman–Crippen LogP) is 7.67. The van der Waals surface area contributed by atoms with Crippen LogP contribution in [0.3, 0.4) is 0 Å². The highest BCUT2D eigenvalue weighted by atomic mass is 16.2. The summed E-state index contributed by atoms with van der Waals surface area (Å²) in [5.41, 5.74) is 3.91. The molecule has 0 saturated carbocycles. The molecule has 4 amide bonds. The van der Waals surface area contributed by atoms with Crippen molar-refractivity contribution in [3.63, 3.8) is 0 Å². The van der Waals surface area contributed by atoms with Crippen LogP contribution >= 0.6 is 0 Å². The zero-order valence-electron chi connectivity index (χ0n) is 31.5. The zero-order valence-corrected chi connectivity index (χ0v) is 31.5. The molecule has 2 heterocycles. The first kappa shape index (κ1) is 35.3. The third kappa shape index (κ3) is 6.57. The van der Waals surface area contributed by atoms with Gasteiger partial charge in [-0.3, -0.25) is 29.0 Å². The van der Waals surface area contributed by atoms with Gasteiger partial charge in [0.15, 0.2) is 0 Å². The van der Waals surface area contributed by atoms with Crippen molar-refractivity contribution < 1.29 is 28.1 Å². The van der Waals surface area contributed by atoms with E-state index in [-0.39, 0.29) is 36.7 Å². The first-order valence-electron chi connectivity index (χ1n) is 18.8. The predicted molar refractivity (Wildman–Crippen MR) is 213 cm³/mol. The van der Waals surface area contributed by atoms with E-state index in [0.29, 0.717) is 54.8 Å². The first-order chi connectivity index (χ1) is 25.9. The number of carbonyl (C=O) groups is 4. The van der Waals surface area contributed by atoms with E-state index < -0.39 is 0 Å². The van der Waals surface area contributed by atoms with Gasteiger partial charge in [0.1, 0.15) is 13.1 Å². The Morgan fingerprint density at radius 3 is 1.11 bits per heavy atom. The van der Waals surface area contributed by atoms with Crippen LogP contribution in [0.2, 0.25) is 0 Å². The number of rotatable bonds is 12. The molecular weight excluding hydrogens is 673 g/mol. The number of hydrogen-bond acceptors (Lipinski definition) is 4. The molecule has 0 bridgehead atoms. The molecule has 2 aliphatic heterocycles. The molecule has 0 aromatic heterocycles. The van der Waals surface area contributed by atoms with E-state index >= 15 is 0 Å². The molecule has 0 unspecified atom stereocenters. The van der Waals surface area contributed by atoms with E-state index in [1.165, 1.54) is 42.5 Å². The number of imide groups is 2. The van der Waals surface area contributed by atoms with Gasteiger partial charge in [-0.15, -0.1) is 0 Å². The highest BCUT2D eigenvalue weighted by molar-refractivity contribution is 6.33. The second-order valence-electron chi connectivity index (χ2n) is 16.3. The standard InChI is InChI=1S/C46H46N4O4/c1-49(2,29-31-15-17-33-11-5-7-13-35(33)27-31)25-9-23-47-43(51)37-19-21-39-42-40(22-20-38(41(37)42)44(47)52)46(54)48(45(39)53)24-10-26-50(3,4)30-32-16-18-34-12-6-8-14-36(34)28-32/h5-8,11-22,27-28H,9-10,23-26,29-30H2,1-4H3/q+2. The summed E-state index contributed by atoms with van der Waals surface area (Å²) in [7, 11) is 8.65. The maximum atomic E-state index is 13.9. The van der Waals surface area contributed by atoms with Crippen LogP contribution in [0, 0.1) is 0 Å². The second kappa shape index (κ2) is 13.6. The third-order valence-corrected chi connectivity index (χ3v) is 11.2. The molecule has 6 aromatic rings. The Balaban J connectivity index is 0.935. The van der Waals surface area contributed by atoms with Gasteiger partial charge < -0.3 is 8.97 Å². The minimum Gasteiger partial charge on any atom is -0.325 e. The normalized spacial score (nSPS) is 14.6. The van der Waals surface area contributed by atoms with Crippen molar-refractivity contribution in [2.75, 3.05) is 54.4 Å². The van der Waals surface area contributed by atoms with Crippen molar-refractivity contribution in [3.05, 3.63) is 143 Å². The topological polar surface area (TPSA) is 74.8 Å². The Labute approximate surface area is 316 Å². The molecule has 6 aromatic carbocycles. The van der Waals surface area contributed by atoms with Gasteiger partial charge in [0.2, 0.25) is 0 Å². The molecule has 272 valence electrons. The van der Waals surface area contributed by atoms with Crippen LogP contribution in [0.25, 0.3) is 32.3 Å². The summed E-state index contributed by atoms with van der Waals surface area (Å²) in [5.74, 6) is -1.54. The molecule has 0 fully saturated rings. The second-order valence-corrected chi connectivity index (χ2v) is 16.3. The van der Waals surface area contributed by atoms with Crippen LogP contribution in [0.1, 0.15) is 65.4 Å². The average Bonchev–Trinajstić information content (AvgIpc) is 3.15. The number of nitrogens with zero attached hydrogens (tertiary/aromatic N) is 4. The summed E-state index contributed by atoms with van der Waals surface area (Å²) in [5, 5.41) is 5.67. The van der Waals surface area contributed by atoms with Crippen molar-refractivity contribution in [2.24, 2.45) is 0 Å². The minimum absolute atomic E-state index is 0.281. The zero-order chi connectivity index (χ0) is 37.8. The molecule has 54 heavy (non-hydrogen) atoms. The van der Waals surface area contributed by atoms with Gasteiger partial charge in [-0.1, -0.05) is 72.8 Å². The van der Waals surface area contributed by atoms with Crippen LogP contribution in [0.4, 0.5) is 0 Å². The number of quaternary nitrogens is 2. The number of benzene rings is 6. The fraction of sp³-hybridized carbons (Fsp3) is 0.261. The third-order valence-electron chi connectivity index (χ3n) is 11.2. The lowest BCUT2D eigenvalue weighted by Crippen LogP contribution is -2.46. The molecule has 0 N–H and O–H groups in total. The van der Waals surface area contributed by atoms with Crippen LogP contribution in [0.15, 0.2) is 109 Å². The summed E-state index contributed by atoms with van der Waals surface area (Å²) in [6, 6.07) is 36.4. The monoisotopic (exact) mass is 718 g/mol. The first-order valence-corrected chi connectivity index (χ1v) is 18.8. The largest absolute Gasteiger partial charge is 0.325 e. The lowest BCUT2D eigenvalue weighted by Gasteiger charge is -2.34. The SMILES string of the molecule is C[N+](C)(CCCN1C(=O)c2ccc3c4c(ccc(c24)C1=O)C(=O)N(CCC[N+](C)(C)Cc1ccc2ccccc2c1)C3=O)Cc1ccc2ccccc2c1. The number of amides is 4. The number of carbonyl (C=O) groups excluding carboxylic acids is 4. The molecule has 8 heteroatoms. The molecule has 0 radical (unpaired) electrons. The van der Waals surface area contributed by atoms with Crippen LogP contribution in [0.5, 0.6) is 0 Å². The van der Waals surface area contributed by atoms with Gasteiger partial charge in [-0.2, -0.15) is 0 Å².